The summed E-state index contributed by atoms with van der Waals surface area (Å²) in [5.74, 6) is -1.38. The van der Waals surface area contributed by atoms with E-state index in [2.05, 4.69) is 11.1 Å². The molecular formula is C14H27N2O4+. The van der Waals surface area contributed by atoms with Crippen LogP contribution in [0, 0.1) is 5.92 Å². The van der Waals surface area contributed by atoms with Crippen molar-refractivity contribution in [1.29, 1.82) is 0 Å². The standard InChI is InChI=1S/C14H26N2O4/c1-4-10(5-2)20-12-7-9(14(18)19)6-11(15)13(12)16-8(3)17/h9-13H,4-7,15H2,1-3H3,(H,16,17)(H,18,19)/p+1/t9?,11-,12+,13+/m0/s1. The molecule has 6 nitrogen and oxygen atoms in total. The number of hydrogen-bond donors (Lipinski definition) is 3. The van der Waals surface area contributed by atoms with E-state index in [-0.39, 0.29) is 30.2 Å². The van der Waals surface area contributed by atoms with Crippen LogP contribution in [0.4, 0.5) is 0 Å². The van der Waals surface area contributed by atoms with Gasteiger partial charge in [-0.25, -0.2) is 0 Å². The fourth-order valence-corrected chi connectivity index (χ4v) is 2.85. The molecule has 0 aromatic rings. The molecule has 1 aliphatic rings. The molecule has 1 unspecified atom stereocenters. The molecule has 1 saturated carbocycles. The summed E-state index contributed by atoms with van der Waals surface area (Å²) in [5.41, 5.74) is 4.02. The van der Waals surface area contributed by atoms with Gasteiger partial charge >= 0.3 is 5.97 Å². The van der Waals surface area contributed by atoms with Gasteiger partial charge in [-0.2, -0.15) is 0 Å². The smallest absolute Gasteiger partial charge is 0.306 e. The van der Waals surface area contributed by atoms with Crippen LogP contribution in [0.3, 0.4) is 0 Å². The topological polar surface area (TPSA) is 103 Å². The first-order chi connectivity index (χ1) is 9.38. The number of aliphatic carboxylic acids is 1. The van der Waals surface area contributed by atoms with E-state index in [0.717, 1.165) is 12.8 Å². The van der Waals surface area contributed by atoms with Crippen molar-refractivity contribution < 1.29 is 25.2 Å². The van der Waals surface area contributed by atoms with Crippen molar-refractivity contribution in [3.63, 3.8) is 0 Å². The largest absolute Gasteiger partial charge is 0.481 e. The molecule has 116 valence electrons. The predicted molar refractivity (Wildman–Crippen MR) is 73.9 cm³/mol. The maximum absolute atomic E-state index is 11.3. The van der Waals surface area contributed by atoms with Crippen molar-refractivity contribution in [3.05, 3.63) is 0 Å². The van der Waals surface area contributed by atoms with Gasteiger partial charge in [0.15, 0.2) is 0 Å². The second kappa shape index (κ2) is 7.59. The van der Waals surface area contributed by atoms with Crippen molar-refractivity contribution in [1.82, 2.24) is 5.32 Å². The zero-order valence-electron chi connectivity index (χ0n) is 12.6. The highest BCUT2D eigenvalue weighted by Crippen LogP contribution is 2.27. The van der Waals surface area contributed by atoms with Gasteiger partial charge in [0.05, 0.1) is 18.1 Å². The first-order valence-corrected chi connectivity index (χ1v) is 7.37. The van der Waals surface area contributed by atoms with E-state index < -0.39 is 11.9 Å². The lowest BCUT2D eigenvalue weighted by Crippen LogP contribution is -2.75. The van der Waals surface area contributed by atoms with Crippen molar-refractivity contribution in [3.8, 4) is 0 Å². The Balaban J connectivity index is 2.83. The highest BCUT2D eigenvalue weighted by molar-refractivity contribution is 5.74. The summed E-state index contributed by atoms with van der Waals surface area (Å²) in [6.07, 6.45) is 2.47. The van der Waals surface area contributed by atoms with Gasteiger partial charge in [-0.3, -0.25) is 9.59 Å². The van der Waals surface area contributed by atoms with Crippen molar-refractivity contribution in [2.24, 2.45) is 5.92 Å². The van der Waals surface area contributed by atoms with Crippen LogP contribution in [0.15, 0.2) is 0 Å². The van der Waals surface area contributed by atoms with E-state index in [1.54, 1.807) is 0 Å². The molecule has 1 fully saturated rings. The van der Waals surface area contributed by atoms with Gasteiger partial charge in [0, 0.05) is 13.3 Å². The van der Waals surface area contributed by atoms with E-state index in [0.29, 0.717) is 12.8 Å². The maximum atomic E-state index is 11.3. The molecule has 0 heterocycles. The summed E-state index contributed by atoms with van der Waals surface area (Å²) in [6.45, 7) is 5.55. The molecule has 4 atom stereocenters. The summed E-state index contributed by atoms with van der Waals surface area (Å²) in [7, 11) is 0. The molecule has 1 rings (SSSR count). The lowest BCUT2D eigenvalue weighted by Gasteiger charge is -2.38. The second-order valence-corrected chi connectivity index (χ2v) is 5.61. The number of nitrogens with one attached hydrogen (secondary N) is 1. The quantitative estimate of drug-likeness (QED) is 0.648. The molecule has 0 saturated heterocycles. The van der Waals surface area contributed by atoms with E-state index in [1.807, 2.05) is 13.8 Å². The number of rotatable bonds is 6. The Morgan fingerprint density at radius 1 is 1.35 bits per heavy atom. The van der Waals surface area contributed by atoms with E-state index in [4.69, 9.17) is 4.74 Å². The SMILES string of the molecule is CCC(CC)O[C@@H]1CC(C(=O)O)C[C@H]([NH3+])[C@H]1NC(C)=O. The second-order valence-electron chi connectivity index (χ2n) is 5.61. The third kappa shape index (κ3) is 4.45. The highest BCUT2D eigenvalue weighted by Gasteiger charge is 2.42. The number of hydrogen-bond acceptors (Lipinski definition) is 3. The lowest BCUT2D eigenvalue weighted by molar-refractivity contribution is -0.437. The fraction of sp³-hybridized carbons (Fsp3) is 0.857. The van der Waals surface area contributed by atoms with Crippen LogP contribution in [0.2, 0.25) is 0 Å². The van der Waals surface area contributed by atoms with Gasteiger partial charge in [-0.1, -0.05) is 13.8 Å². The number of carbonyl (C=O) groups excluding carboxylic acids is 1. The summed E-state index contributed by atoms with van der Waals surface area (Å²) in [4.78, 5) is 22.6. The van der Waals surface area contributed by atoms with E-state index in [9.17, 15) is 14.7 Å². The normalized spacial score (nSPS) is 30.2. The minimum atomic E-state index is -0.807. The van der Waals surface area contributed by atoms with E-state index >= 15 is 0 Å². The third-order valence-electron chi connectivity index (χ3n) is 4.01. The molecule has 1 amide bonds. The van der Waals surface area contributed by atoms with Gasteiger partial charge in [-0.05, 0) is 19.3 Å². The van der Waals surface area contributed by atoms with Gasteiger partial charge in [0.2, 0.25) is 5.91 Å². The Labute approximate surface area is 120 Å². The molecule has 20 heavy (non-hydrogen) atoms. The summed E-state index contributed by atoms with van der Waals surface area (Å²) in [6, 6.07) is -0.350. The number of amides is 1. The average molecular weight is 287 g/mol. The predicted octanol–water partition coefficient (Wildman–Crippen LogP) is 0.170. The number of carbonyl (C=O) groups is 2. The zero-order valence-corrected chi connectivity index (χ0v) is 12.6. The molecule has 0 aromatic heterocycles. The first kappa shape index (κ1) is 16.9. The summed E-state index contributed by atoms with van der Waals surface area (Å²) >= 11 is 0. The molecule has 6 heteroatoms. The Bertz CT molecular complexity index is 344. The number of ether oxygens (including phenoxy) is 1. The van der Waals surface area contributed by atoms with Crippen LogP contribution in [-0.2, 0) is 14.3 Å². The van der Waals surface area contributed by atoms with Crippen molar-refractivity contribution in [2.45, 2.75) is 70.7 Å². The Kier molecular flexibility index (Phi) is 6.42. The zero-order chi connectivity index (χ0) is 15.3. The number of quaternary nitrogens is 1. The van der Waals surface area contributed by atoms with Crippen LogP contribution in [0.25, 0.3) is 0 Å². The number of carboxylic acids is 1. The van der Waals surface area contributed by atoms with Gasteiger partial charge in [0.25, 0.3) is 0 Å². The van der Waals surface area contributed by atoms with Crippen LogP contribution >= 0.6 is 0 Å². The van der Waals surface area contributed by atoms with Crippen molar-refractivity contribution >= 4 is 11.9 Å². The highest BCUT2D eigenvalue weighted by atomic mass is 16.5. The average Bonchev–Trinajstić information content (AvgIpc) is 2.38. The minimum absolute atomic E-state index is 0.0935. The summed E-state index contributed by atoms with van der Waals surface area (Å²) < 4.78 is 6.04. The molecule has 0 radical (unpaired) electrons. The van der Waals surface area contributed by atoms with E-state index in [1.165, 1.54) is 6.92 Å². The molecule has 1 aliphatic carbocycles. The molecule has 0 spiro atoms. The van der Waals surface area contributed by atoms with Crippen LogP contribution < -0.4 is 11.1 Å². The molecule has 5 N–H and O–H groups in total. The third-order valence-corrected chi connectivity index (χ3v) is 4.01. The maximum Gasteiger partial charge on any atom is 0.306 e. The van der Waals surface area contributed by atoms with Crippen LogP contribution in [-0.4, -0.2) is 41.3 Å². The Morgan fingerprint density at radius 3 is 2.40 bits per heavy atom. The summed E-state index contributed by atoms with van der Waals surface area (Å²) in [5, 5.41) is 12.1. The molecular weight excluding hydrogens is 260 g/mol. The molecule has 0 aliphatic heterocycles. The Hall–Kier alpha value is -1.14. The van der Waals surface area contributed by atoms with Crippen LogP contribution in [0.5, 0.6) is 0 Å². The molecule has 0 aromatic carbocycles. The molecule has 0 bridgehead atoms. The van der Waals surface area contributed by atoms with Gasteiger partial charge in [-0.15, -0.1) is 0 Å². The van der Waals surface area contributed by atoms with Crippen LogP contribution in [0.1, 0.15) is 46.5 Å². The monoisotopic (exact) mass is 287 g/mol. The Morgan fingerprint density at radius 2 is 1.95 bits per heavy atom. The minimum Gasteiger partial charge on any atom is -0.481 e. The lowest BCUT2D eigenvalue weighted by atomic mass is 9.80. The fourth-order valence-electron chi connectivity index (χ4n) is 2.85. The number of carboxylic acid groups (broad SMARTS) is 1. The first-order valence-electron chi connectivity index (χ1n) is 7.37. The van der Waals surface area contributed by atoms with Gasteiger partial charge < -0.3 is 20.9 Å². The van der Waals surface area contributed by atoms with Crippen molar-refractivity contribution in [2.75, 3.05) is 0 Å². The van der Waals surface area contributed by atoms with Gasteiger partial charge in [0.1, 0.15) is 12.1 Å².